The van der Waals surface area contributed by atoms with Gasteiger partial charge in [0.2, 0.25) is 0 Å². The summed E-state index contributed by atoms with van der Waals surface area (Å²) in [5.41, 5.74) is -0.0915. The molecule has 0 spiro atoms. The highest BCUT2D eigenvalue weighted by Gasteiger charge is 2.06. The molecule has 0 aromatic carbocycles. The first kappa shape index (κ1) is 10.4. The number of hydrogen-bond acceptors (Lipinski definition) is 5. The van der Waals surface area contributed by atoms with Gasteiger partial charge in [-0.25, -0.2) is 4.79 Å². The highest BCUT2D eigenvalue weighted by Crippen LogP contribution is 2.06. The number of likely N-dealkylation sites (N-methyl/N-ethyl adjacent to an activating group) is 1. The molecule has 1 aromatic heterocycles. The number of aliphatic hydroxyl groups is 1. The number of carboxylic acids is 1. The number of carboxylic acid groups (broad SMARTS) is 1. The van der Waals surface area contributed by atoms with Crippen molar-refractivity contribution in [2.75, 3.05) is 25.1 Å². The van der Waals surface area contributed by atoms with Crippen LogP contribution < -0.4 is 4.90 Å². The van der Waals surface area contributed by atoms with Gasteiger partial charge in [0.05, 0.1) is 6.61 Å². The van der Waals surface area contributed by atoms with Gasteiger partial charge in [-0.3, -0.25) is 0 Å². The molecule has 0 atom stereocenters. The van der Waals surface area contributed by atoms with E-state index in [0.717, 1.165) is 0 Å². The number of carbonyl (C=O) groups is 1. The fourth-order valence-electron chi connectivity index (χ4n) is 0.907. The maximum absolute atomic E-state index is 10.5. The number of anilines is 1. The van der Waals surface area contributed by atoms with Gasteiger partial charge in [0, 0.05) is 13.6 Å². The first-order valence-corrected chi connectivity index (χ1v) is 4.04. The fraction of sp³-hybridized carbons (Fsp3) is 0.375. The van der Waals surface area contributed by atoms with Crippen LogP contribution in [0.1, 0.15) is 10.5 Å². The maximum Gasteiger partial charge on any atom is 0.356 e. The molecule has 0 fully saturated rings. The summed E-state index contributed by atoms with van der Waals surface area (Å²) in [4.78, 5) is 12.1. The summed E-state index contributed by atoms with van der Waals surface area (Å²) in [5.74, 6) is -0.571. The number of hydrogen-bond donors (Lipinski definition) is 2. The van der Waals surface area contributed by atoms with Crippen molar-refractivity contribution in [3.8, 4) is 0 Å². The quantitative estimate of drug-likeness (QED) is 0.683. The molecule has 0 aliphatic heterocycles. The number of rotatable bonds is 4. The summed E-state index contributed by atoms with van der Waals surface area (Å²) < 4.78 is 0. The monoisotopic (exact) mass is 197 g/mol. The zero-order valence-electron chi connectivity index (χ0n) is 7.71. The van der Waals surface area contributed by atoms with E-state index in [-0.39, 0.29) is 12.3 Å². The number of aromatic carboxylic acids is 1. The second kappa shape index (κ2) is 4.52. The van der Waals surface area contributed by atoms with Gasteiger partial charge in [-0.05, 0) is 12.1 Å². The molecule has 0 radical (unpaired) electrons. The van der Waals surface area contributed by atoms with Crippen molar-refractivity contribution in [1.82, 2.24) is 10.2 Å². The minimum absolute atomic E-state index is 0.0128. The van der Waals surface area contributed by atoms with Crippen LogP contribution in [-0.2, 0) is 0 Å². The van der Waals surface area contributed by atoms with Gasteiger partial charge in [0.1, 0.15) is 0 Å². The van der Waals surface area contributed by atoms with Crippen LogP contribution in [0.25, 0.3) is 0 Å². The van der Waals surface area contributed by atoms with E-state index >= 15 is 0 Å². The molecular formula is C8H11N3O3. The molecule has 14 heavy (non-hydrogen) atoms. The van der Waals surface area contributed by atoms with Gasteiger partial charge in [-0.15, -0.1) is 10.2 Å². The molecule has 0 aliphatic carbocycles. The zero-order valence-corrected chi connectivity index (χ0v) is 7.71. The molecular weight excluding hydrogens is 186 g/mol. The standard InChI is InChI=1S/C8H11N3O3/c1-11(4-5-12)7-3-2-6(8(13)14)9-10-7/h2-3,12H,4-5H2,1H3,(H,13,14). The lowest BCUT2D eigenvalue weighted by Crippen LogP contribution is -2.22. The Labute approximate surface area is 80.8 Å². The van der Waals surface area contributed by atoms with Crippen molar-refractivity contribution < 1.29 is 15.0 Å². The van der Waals surface area contributed by atoms with Crippen LogP contribution in [-0.4, -0.2) is 46.6 Å². The molecule has 0 aliphatic rings. The molecule has 0 amide bonds. The molecule has 6 heteroatoms. The molecule has 0 unspecified atom stereocenters. The number of aromatic nitrogens is 2. The minimum atomic E-state index is -1.10. The average Bonchev–Trinajstić information content (AvgIpc) is 2.18. The van der Waals surface area contributed by atoms with Crippen LogP contribution in [0.5, 0.6) is 0 Å². The van der Waals surface area contributed by atoms with Crippen molar-refractivity contribution in [2.45, 2.75) is 0 Å². The minimum Gasteiger partial charge on any atom is -0.476 e. The molecule has 76 valence electrons. The topological polar surface area (TPSA) is 86.5 Å². The van der Waals surface area contributed by atoms with Crippen LogP contribution in [0, 0.1) is 0 Å². The lowest BCUT2D eigenvalue weighted by Gasteiger charge is -2.15. The first-order valence-electron chi connectivity index (χ1n) is 4.04. The van der Waals surface area contributed by atoms with E-state index in [1.54, 1.807) is 18.0 Å². The highest BCUT2D eigenvalue weighted by atomic mass is 16.4. The van der Waals surface area contributed by atoms with Crippen LogP contribution >= 0.6 is 0 Å². The Hall–Kier alpha value is -1.69. The Kier molecular flexibility index (Phi) is 3.35. The van der Waals surface area contributed by atoms with E-state index in [2.05, 4.69) is 10.2 Å². The predicted molar refractivity (Wildman–Crippen MR) is 49.3 cm³/mol. The normalized spacial score (nSPS) is 9.86. The van der Waals surface area contributed by atoms with Gasteiger partial charge in [0.15, 0.2) is 11.5 Å². The summed E-state index contributed by atoms with van der Waals surface area (Å²) in [6, 6.07) is 2.92. The van der Waals surface area contributed by atoms with Crippen molar-refractivity contribution in [2.24, 2.45) is 0 Å². The van der Waals surface area contributed by atoms with E-state index in [4.69, 9.17) is 10.2 Å². The average molecular weight is 197 g/mol. The molecule has 2 N–H and O–H groups in total. The molecule has 1 aromatic rings. The summed E-state index contributed by atoms with van der Waals surface area (Å²) in [6.45, 7) is 0.444. The van der Waals surface area contributed by atoms with Gasteiger partial charge in [-0.1, -0.05) is 0 Å². The SMILES string of the molecule is CN(CCO)c1ccc(C(=O)O)nn1. The van der Waals surface area contributed by atoms with Gasteiger partial charge < -0.3 is 15.1 Å². The van der Waals surface area contributed by atoms with Crippen LogP contribution in [0.2, 0.25) is 0 Å². The van der Waals surface area contributed by atoms with Gasteiger partial charge in [0.25, 0.3) is 0 Å². The predicted octanol–water partition coefficient (Wildman–Crippen LogP) is -0.397. The van der Waals surface area contributed by atoms with Crippen molar-refractivity contribution in [3.63, 3.8) is 0 Å². The Morgan fingerprint density at radius 2 is 2.21 bits per heavy atom. The highest BCUT2D eigenvalue weighted by molar-refractivity contribution is 5.85. The molecule has 1 heterocycles. The second-order valence-electron chi connectivity index (χ2n) is 2.73. The van der Waals surface area contributed by atoms with E-state index in [0.29, 0.717) is 12.4 Å². The summed E-state index contributed by atoms with van der Waals surface area (Å²) in [7, 11) is 1.74. The maximum atomic E-state index is 10.5. The molecule has 0 saturated heterocycles. The molecule has 0 bridgehead atoms. The molecule has 0 saturated carbocycles. The summed E-state index contributed by atoms with van der Waals surface area (Å²) in [6.07, 6.45) is 0. The first-order chi connectivity index (χ1) is 6.65. The Balaban J connectivity index is 2.77. The second-order valence-corrected chi connectivity index (χ2v) is 2.73. The third-order valence-electron chi connectivity index (χ3n) is 1.70. The number of nitrogens with zero attached hydrogens (tertiary/aromatic N) is 3. The van der Waals surface area contributed by atoms with Crippen LogP contribution in [0.4, 0.5) is 5.82 Å². The summed E-state index contributed by atoms with van der Waals surface area (Å²) >= 11 is 0. The third-order valence-corrected chi connectivity index (χ3v) is 1.70. The van der Waals surface area contributed by atoms with Crippen LogP contribution in [0.15, 0.2) is 12.1 Å². The smallest absolute Gasteiger partial charge is 0.356 e. The lowest BCUT2D eigenvalue weighted by molar-refractivity contribution is 0.0689. The third kappa shape index (κ3) is 2.40. The van der Waals surface area contributed by atoms with Crippen molar-refractivity contribution >= 4 is 11.8 Å². The van der Waals surface area contributed by atoms with E-state index in [1.807, 2.05) is 0 Å². The molecule has 6 nitrogen and oxygen atoms in total. The Bertz CT molecular complexity index is 312. The summed E-state index contributed by atoms with van der Waals surface area (Å²) in [5, 5.41) is 24.4. The Morgan fingerprint density at radius 1 is 1.50 bits per heavy atom. The zero-order chi connectivity index (χ0) is 10.6. The van der Waals surface area contributed by atoms with Crippen molar-refractivity contribution in [3.05, 3.63) is 17.8 Å². The largest absolute Gasteiger partial charge is 0.476 e. The Morgan fingerprint density at radius 3 is 2.64 bits per heavy atom. The fourth-order valence-corrected chi connectivity index (χ4v) is 0.907. The van der Waals surface area contributed by atoms with E-state index in [1.165, 1.54) is 6.07 Å². The van der Waals surface area contributed by atoms with Crippen molar-refractivity contribution in [1.29, 1.82) is 0 Å². The van der Waals surface area contributed by atoms with Crippen LogP contribution in [0.3, 0.4) is 0 Å². The van der Waals surface area contributed by atoms with E-state index < -0.39 is 5.97 Å². The number of aliphatic hydroxyl groups excluding tert-OH is 1. The van der Waals surface area contributed by atoms with E-state index in [9.17, 15) is 4.79 Å². The molecule has 1 rings (SSSR count). The lowest BCUT2D eigenvalue weighted by atomic mass is 10.4. The van der Waals surface area contributed by atoms with Gasteiger partial charge >= 0.3 is 5.97 Å². The van der Waals surface area contributed by atoms with Gasteiger partial charge in [-0.2, -0.15) is 0 Å².